The Bertz CT molecular complexity index is 894. The number of para-hydroxylation sites is 1. The number of hydrazine groups is 1. The van der Waals surface area contributed by atoms with Gasteiger partial charge in [0.05, 0.1) is 13.7 Å². The summed E-state index contributed by atoms with van der Waals surface area (Å²) in [5.41, 5.74) is 5.88. The van der Waals surface area contributed by atoms with Crippen LogP contribution in [-0.2, 0) is 14.4 Å². The van der Waals surface area contributed by atoms with Gasteiger partial charge in [-0.1, -0.05) is 18.2 Å². The number of ether oxygens (including phenoxy) is 2. The number of carbonyl (C=O) groups is 3. The molecule has 2 aromatic rings. The number of amides is 3. The van der Waals surface area contributed by atoms with Gasteiger partial charge in [-0.05, 0) is 43.3 Å². The van der Waals surface area contributed by atoms with Gasteiger partial charge < -0.3 is 14.8 Å². The minimum Gasteiger partial charge on any atom is -0.496 e. The van der Waals surface area contributed by atoms with Crippen molar-refractivity contribution in [2.75, 3.05) is 19.0 Å². The van der Waals surface area contributed by atoms with Crippen LogP contribution in [0.2, 0.25) is 0 Å². The predicted octanol–water partition coefficient (Wildman–Crippen LogP) is 2.67. The third-order valence-electron chi connectivity index (χ3n) is 3.91. The molecule has 0 aliphatic heterocycles. The van der Waals surface area contributed by atoms with Crippen LogP contribution in [0, 0.1) is 0 Å². The first-order chi connectivity index (χ1) is 14.5. The SMILES string of the molecule is CCOc1ccc(NC(=O)CCC(=O)NNC(=O)C=Cc2ccccc2OC)cc1. The molecule has 0 aliphatic carbocycles. The highest BCUT2D eigenvalue weighted by molar-refractivity contribution is 5.95. The van der Waals surface area contributed by atoms with Crippen molar-refractivity contribution in [2.45, 2.75) is 19.8 Å². The normalized spacial score (nSPS) is 10.3. The summed E-state index contributed by atoms with van der Waals surface area (Å²) in [6.45, 7) is 2.45. The lowest BCUT2D eigenvalue weighted by atomic mass is 10.2. The van der Waals surface area contributed by atoms with Crippen molar-refractivity contribution in [3.63, 3.8) is 0 Å². The van der Waals surface area contributed by atoms with Gasteiger partial charge in [0, 0.05) is 30.2 Å². The molecule has 8 heteroatoms. The summed E-state index contributed by atoms with van der Waals surface area (Å²) in [6, 6.07) is 14.2. The Balaban J connectivity index is 1.70. The number of methoxy groups -OCH3 is 1. The fourth-order valence-electron chi connectivity index (χ4n) is 2.46. The molecule has 0 unspecified atom stereocenters. The van der Waals surface area contributed by atoms with Crippen LogP contribution in [0.1, 0.15) is 25.3 Å². The maximum absolute atomic E-state index is 12.0. The van der Waals surface area contributed by atoms with Gasteiger partial charge in [0.1, 0.15) is 11.5 Å². The van der Waals surface area contributed by atoms with E-state index in [0.29, 0.717) is 23.8 Å². The molecule has 3 N–H and O–H groups in total. The molecule has 0 saturated carbocycles. The Labute approximate surface area is 175 Å². The van der Waals surface area contributed by atoms with E-state index < -0.39 is 11.8 Å². The van der Waals surface area contributed by atoms with E-state index in [1.165, 1.54) is 6.08 Å². The average molecular weight is 411 g/mol. The van der Waals surface area contributed by atoms with Crippen molar-refractivity contribution in [3.05, 3.63) is 60.2 Å². The Morgan fingerprint density at radius 3 is 2.33 bits per heavy atom. The second kappa shape index (κ2) is 11.9. The molecule has 0 saturated heterocycles. The van der Waals surface area contributed by atoms with E-state index in [4.69, 9.17) is 9.47 Å². The third-order valence-corrected chi connectivity index (χ3v) is 3.91. The van der Waals surface area contributed by atoms with Gasteiger partial charge in [-0.15, -0.1) is 0 Å². The number of anilines is 1. The zero-order valence-corrected chi connectivity index (χ0v) is 16.9. The van der Waals surface area contributed by atoms with Gasteiger partial charge in [-0.2, -0.15) is 0 Å². The molecule has 30 heavy (non-hydrogen) atoms. The van der Waals surface area contributed by atoms with E-state index in [2.05, 4.69) is 16.2 Å². The van der Waals surface area contributed by atoms with Gasteiger partial charge in [-0.25, -0.2) is 0 Å². The lowest BCUT2D eigenvalue weighted by molar-refractivity contribution is -0.128. The maximum Gasteiger partial charge on any atom is 0.262 e. The Morgan fingerprint density at radius 1 is 0.933 bits per heavy atom. The highest BCUT2D eigenvalue weighted by atomic mass is 16.5. The zero-order valence-electron chi connectivity index (χ0n) is 16.9. The average Bonchev–Trinajstić information content (AvgIpc) is 2.76. The quantitative estimate of drug-likeness (QED) is 0.435. The molecule has 0 bridgehead atoms. The van der Waals surface area contributed by atoms with Crippen LogP contribution in [0.3, 0.4) is 0 Å². The summed E-state index contributed by atoms with van der Waals surface area (Å²) in [6.07, 6.45) is 2.76. The number of nitrogens with one attached hydrogen (secondary N) is 3. The largest absolute Gasteiger partial charge is 0.496 e. The number of hydrogen-bond donors (Lipinski definition) is 3. The number of rotatable bonds is 9. The molecule has 0 aromatic heterocycles. The van der Waals surface area contributed by atoms with Crippen molar-refractivity contribution < 1.29 is 23.9 Å². The standard InChI is InChI=1S/C22H25N3O5/c1-3-30-18-11-9-17(10-12-18)23-20(26)14-15-22(28)25-24-21(27)13-8-16-6-4-5-7-19(16)29-2/h4-13H,3,14-15H2,1-2H3,(H,23,26)(H,24,27)(H,25,28). The second-order valence-corrected chi connectivity index (χ2v) is 6.12. The number of benzene rings is 2. The zero-order chi connectivity index (χ0) is 21.8. The molecular weight excluding hydrogens is 386 g/mol. The maximum atomic E-state index is 12.0. The number of hydrogen-bond acceptors (Lipinski definition) is 5. The van der Waals surface area contributed by atoms with Crippen LogP contribution < -0.4 is 25.6 Å². The molecule has 0 fully saturated rings. The topological polar surface area (TPSA) is 106 Å². The van der Waals surface area contributed by atoms with Gasteiger partial charge in [-0.3, -0.25) is 25.2 Å². The van der Waals surface area contributed by atoms with Gasteiger partial charge >= 0.3 is 0 Å². The van der Waals surface area contributed by atoms with Gasteiger partial charge in [0.15, 0.2) is 0 Å². The monoisotopic (exact) mass is 411 g/mol. The van der Waals surface area contributed by atoms with Gasteiger partial charge in [0.2, 0.25) is 11.8 Å². The molecule has 2 rings (SSSR count). The van der Waals surface area contributed by atoms with Crippen molar-refractivity contribution in [1.82, 2.24) is 10.9 Å². The molecule has 2 aromatic carbocycles. The van der Waals surface area contributed by atoms with E-state index in [1.807, 2.05) is 19.1 Å². The van der Waals surface area contributed by atoms with E-state index in [9.17, 15) is 14.4 Å². The summed E-state index contributed by atoms with van der Waals surface area (Å²) < 4.78 is 10.5. The lowest BCUT2D eigenvalue weighted by Gasteiger charge is -2.08. The van der Waals surface area contributed by atoms with Crippen molar-refractivity contribution >= 4 is 29.5 Å². The Kier molecular flexibility index (Phi) is 8.92. The van der Waals surface area contributed by atoms with Crippen LogP contribution >= 0.6 is 0 Å². The predicted molar refractivity (Wildman–Crippen MR) is 114 cm³/mol. The van der Waals surface area contributed by atoms with Crippen molar-refractivity contribution in [1.29, 1.82) is 0 Å². The molecule has 0 atom stereocenters. The van der Waals surface area contributed by atoms with E-state index in [0.717, 1.165) is 5.56 Å². The molecule has 0 spiro atoms. The highest BCUT2D eigenvalue weighted by Crippen LogP contribution is 2.18. The molecule has 158 valence electrons. The van der Waals surface area contributed by atoms with Crippen molar-refractivity contribution in [3.8, 4) is 11.5 Å². The lowest BCUT2D eigenvalue weighted by Crippen LogP contribution is -2.41. The smallest absolute Gasteiger partial charge is 0.262 e. The summed E-state index contributed by atoms with van der Waals surface area (Å²) in [5.74, 6) is 0.0511. The molecule has 8 nitrogen and oxygen atoms in total. The van der Waals surface area contributed by atoms with E-state index in [-0.39, 0.29) is 18.7 Å². The fourth-order valence-corrected chi connectivity index (χ4v) is 2.46. The summed E-state index contributed by atoms with van der Waals surface area (Å²) in [4.78, 5) is 35.6. The van der Waals surface area contributed by atoms with Crippen LogP contribution in [-0.4, -0.2) is 31.4 Å². The van der Waals surface area contributed by atoms with Crippen LogP contribution in [0.5, 0.6) is 11.5 Å². The van der Waals surface area contributed by atoms with Crippen LogP contribution in [0.25, 0.3) is 6.08 Å². The van der Waals surface area contributed by atoms with E-state index >= 15 is 0 Å². The van der Waals surface area contributed by atoms with E-state index in [1.54, 1.807) is 49.6 Å². The fraction of sp³-hybridized carbons (Fsp3) is 0.227. The summed E-state index contributed by atoms with van der Waals surface area (Å²) in [7, 11) is 1.54. The minimum absolute atomic E-state index is 0.0219. The molecule has 3 amide bonds. The summed E-state index contributed by atoms with van der Waals surface area (Å²) in [5, 5.41) is 2.70. The van der Waals surface area contributed by atoms with Crippen LogP contribution in [0.15, 0.2) is 54.6 Å². The highest BCUT2D eigenvalue weighted by Gasteiger charge is 2.08. The molecule has 0 aliphatic rings. The first-order valence-electron chi connectivity index (χ1n) is 9.44. The third kappa shape index (κ3) is 7.67. The van der Waals surface area contributed by atoms with Crippen LogP contribution in [0.4, 0.5) is 5.69 Å². The first-order valence-corrected chi connectivity index (χ1v) is 9.44. The summed E-state index contributed by atoms with van der Waals surface area (Å²) >= 11 is 0. The minimum atomic E-state index is -0.506. The van der Waals surface area contributed by atoms with Gasteiger partial charge in [0.25, 0.3) is 5.91 Å². The second-order valence-electron chi connectivity index (χ2n) is 6.12. The Morgan fingerprint density at radius 2 is 1.63 bits per heavy atom. The Hall–Kier alpha value is -3.81. The molecular formula is C22H25N3O5. The number of carbonyl (C=O) groups excluding carboxylic acids is 3. The van der Waals surface area contributed by atoms with Crippen molar-refractivity contribution in [2.24, 2.45) is 0 Å². The molecule has 0 heterocycles. The molecule has 0 radical (unpaired) electrons. The first kappa shape index (κ1) is 22.5.